The Morgan fingerprint density at radius 1 is 1.18 bits per heavy atom. The van der Waals surface area contributed by atoms with Gasteiger partial charge in [0, 0.05) is 16.8 Å². The molecule has 28 heavy (non-hydrogen) atoms. The molecule has 0 saturated heterocycles. The van der Waals surface area contributed by atoms with Crippen LogP contribution < -0.4 is 5.32 Å². The number of nitro groups is 1. The average Bonchev–Trinajstić information content (AvgIpc) is 2.60. The van der Waals surface area contributed by atoms with Crippen LogP contribution in [0.2, 0.25) is 5.02 Å². The maximum Gasteiger partial charge on any atom is 0.416 e. The van der Waals surface area contributed by atoms with E-state index in [1.54, 1.807) is 0 Å². The fourth-order valence-corrected chi connectivity index (χ4v) is 2.27. The summed E-state index contributed by atoms with van der Waals surface area (Å²) in [5, 5.41) is 13.3. The van der Waals surface area contributed by atoms with Crippen LogP contribution in [-0.2, 0) is 15.7 Å². The zero-order valence-corrected chi connectivity index (χ0v) is 14.9. The Morgan fingerprint density at radius 3 is 2.32 bits per heavy atom. The molecule has 1 atom stereocenters. The summed E-state index contributed by atoms with van der Waals surface area (Å²) in [7, 11) is 0. The van der Waals surface area contributed by atoms with Crippen LogP contribution in [0.15, 0.2) is 42.5 Å². The van der Waals surface area contributed by atoms with E-state index in [0.29, 0.717) is 0 Å². The summed E-state index contributed by atoms with van der Waals surface area (Å²) < 4.78 is 42.5. The molecule has 0 heterocycles. The van der Waals surface area contributed by atoms with Gasteiger partial charge in [0.15, 0.2) is 6.10 Å². The molecule has 0 saturated carbocycles. The van der Waals surface area contributed by atoms with E-state index in [9.17, 15) is 32.9 Å². The number of anilines is 1. The van der Waals surface area contributed by atoms with E-state index in [2.05, 4.69) is 5.32 Å². The monoisotopic (exact) mass is 416 g/mol. The van der Waals surface area contributed by atoms with Gasteiger partial charge in [-0.2, -0.15) is 13.2 Å². The van der Waals surface area contributed by atoms with Crippen molar-refractivity contribution in [2.24, 2.45) is 0 Å². The molecule has 0 radical (unpaired) electrons. The lowest BCUT2D eigenvalue weighted by molar-refractivity contribution is -0.385. The fourth-order valence-electron chi connectivity index (χ4n) is 2.09. The van der Waals surface area contributed by atoms with E-state index < -0.39 is 45.9 Å². The number of rotatable bonds is 5. The molecule has 0 bridgehead atoms. The third-order valence-corrected chi connectivity index (χ3v) is 3.74. The highest BCUT2D eigenvalue weighted by Gasteiger charge is 2.30. The smallest absolute Gasteiger partial charge is 0.416 e. The van der Waals surface area contributed by atoms with Crippen molar-refractivity contribution in [2.75, 3.05) is 5.32 Å². The van der Waals surface area contributed by atoms with Gasteiger partial charge in [0.1, 0.15) is 5.56 Å². The largest absolute Gasteiger partial charge is 0.449 e. The topological polar surface area (TPSA) is 98.5 Å². The minimum absolute atomic E-state index is 0.0506. The van der Waals surface area contributed by atoms with Gasteiger partial charge in [0.05, 0.1) is 10.5 Å². The Balaban J connectivity index is 2.07. The van der Waals surface area contributed by atoms with Crippen LogP contribution in [-0.4, -0.2) is 22.9 Å². The average molecular weight is 417 g/mol. The first-order chi connectivity index (χ1) is 13.0. The third-order valence-electron chi connectivity index (χ3n) is 3.51. The van der Waals surface area contributed by atoms with Gasteiger partial charge >= 0.3 is 12.1 Å². The first kappa shape index (κ1) is 21.2. The first-order valence-electron chi connectivity index (χ1n) is 7.62. The molecule has 0 fully saturated rings. The Kier molecular flexibility index (Phi) is 6.24. The van der Waals surface area contributed by atoms with Gasteiger partial charge in [-0.15, -0.1) is 0 Å². The molecule has 0 spiro atoms. The number of esters is 1. The molecular weight excluding hydrogens is 405 g/mol. The number of nitrogens with zero attached hydrogens (tertiary/aromatic N) is 1. The molecule has 2 aromatic rings. The molecule has 148 valence electrons. The normalized spacial score (nSPS) is 12.2. The van der Waals surface area contributed by atoms with Crippen LogP contribution in [0.4, 0.5) is 24.5 Å². The number of benzene rings is 2. The van der Waals surface area contributed by atoms with Crippen molar-refractivity contribution in [1.29, 1.82) is 0 Å². The van der Waals surface area contributed by atoms with E-state index in [1.165, 1.54) is 13.0 Å². The van der Waals surface area contributed by atoms with E-state index in [4.69, 9.17) is 16.3 Å². The van der Waals surface area contributed by atoms with Gasteiger partial charge in [-0.3, -0.25) is 14.9 Å². The van der Waals surface area contributed by atoms with Crippen LogP contribution in [0.3, 0.4) is 0 Å². The summed E-state index contributed by atoms with van der Waals surface area (Å²) in [4.78, 5) is 34.4. The van der Waals surface area contributed by atoms with E-state index in [-0.39, 0.29) is 10.7 Å². The SMILES string of the molecule is CC(OC(=O)c1cc(Cl)ccc1[N+](=O)[O-])C(=O)Nc1ccc(C(F)(F)F)cc1. The maximum atomic E-state index is 12.5. The third kappa shape index (κ3) is 5.19. The quantitative estimate of drug-likeness (QED) is 0.441. The zero-order chi connectivity index (χ0) is 21.1. The number of alkyl halides is 3. The number of ether oxygens (including phenoxy) is 1. The second-order valence-corrected chi connectivity index (χ2v) is 5.97. The molecule has 1 unspecified atom stereocenters. The number of carbonyl (C=O) groups excluding carboxylic acids is 2. The summed E-state index contributed by atoms with van der Waals surface area (Å²) in [6, 6.07) is 6.91. The number of hydrogen-bond acceptors (Lipinski definition) is 5. The van der Waals surface area contributed by atoms with Gasteiger partial charge in [0.25, 0.3) is 11.6 Å². The Morgan fingerprint density at radius 2 is 1.79 bits per heavy atom. The second-order valence-electron chi connectivity index (χ2n) is 5.53. The molecule has 11 heteroatoms. The molecule has 2 aromatic carbocycles. The lowest BCUT2D eigenvalue weighted by Crippen LogP contribution is -2.30. The minimum atomic E-state index is -4.52. The number of amides is 1. The van der Waals surface area contributed by atoms with Crippen LogP contribution in [0, 0.1) is 10.1 Å². The molecule has 1 N–H and O–H groups in total. The highest BCUT2D eigenvalue weighted by Crippen LogP contribution is 2.30. The summed E-state index contributed by atoms with van der Waals surface area (Å²) >= 11 is 5.73. The van der Waals surface area contributed by atoms with E-state index in [0.717, 1.165) is 36.4 Å². The number of nitro benzene ring substituents is 1. The molecule has 2 rings (SSSR count). The highest BCUT2D eigenvalue weighted by molar-refractivity contribution is 6.31. The number of halogens is 4. The van der Waals surface area contributed by atoms with Gasteiger partial charge in [-0.05, 0) is 43.3 Å². The second kappa shape index (κ2) is 8.26. The summed E-state index contributed by atoms with van der Waals surface area (Å²) in [5.74, 6) is -1.98. The molecule has 0 aliphatic rings. The zero-order valence-electron chi connectivity index (χ0n) is 14.1. The molecule has 0 aliphatic carbocycles. The summed E-state index contributed by atoms with van der Waals surface area (Å²) in [6.45, 7) is 1.20. The lowest BCUT2D eigenvalue weighted by Gasteiger charge is -2.14. The Bertz CT molecular complexity index is 916. The lowest BCUT2D eigenvalue weighted by atomic mass is 10.2. The van der Waals surface area contributed by atoms with Gasteiger partial charge in [0.2, 0.25) is 0 Å². The van der Waals surface area contributed by atoms with E-state index >= 15 is 0 Å². The number of hydrogen-bond donors (Lipinski definition) is 1. The summed E-state index contributed by atoms with van der Waals surface area (Å²) in [5.41, 5.74) is -1.83. The van der Waals surface area contributed by atoms with E-state index in [1.807, 2.05) is 0 Å². The van der Waals surface area contributed by atoms with Gasteiger partial charge in [-0.25, -0.2) is 4.79 Å². The standard InChI is InChI=1S/C17H12ClF3N2O5/c1-9(15(24)22-12-5-2-10(3-6-12)17(19,20)21)28-16(25)13-8-11(18)4-7-14(13)23(26)27/h2-9H,1H3,(H,22,24). The minimum Gasteiger partial charge on any atom is -0.449 e. The van der Waals surface area contributed by atoms with Crippen LogP contribution in [0.25, 0.3) is 0 Å². The number of nitrogens with one attached hydrogen (secondary N) is 1. The van der Waals surface area contributed by atoms with Crippen LogP contribution >= 0.6 is 11.6 Å². The highest BCUT2D eigenvalue weighted by atomic mass is 35.5. The summed E-state index contributed by atoms with van der Waals surface area (Å²) in [6.07, 6.45) is -5.90. The van der Waals surface area contributed by atoms with Crippen molar-refractivity contribution in [2.45, 2.75) is 19.2 Å². The first-order valence-corrected chi connectivity index (χ1v) is 8.00. The van der Waals surface area contributed by atoms with Crippen molar-refractivity contribution in [1.82, 2.24) is 0 Å². The molecule has 1 amide bonds. The van der Waals surface area contributed by atoms with Crippen molar-refractivity contribution in [3.05, 3.63) is 68.7 Å². The Labute approximate surface area is 161 Å². The van der Waals surface area contributed by atoms with Crippen molar-refractivity contribution in [3.63, 3.8) is 0 Å². The van der Waals surface area contributed by atoms with Gasteiger partial charge in [-0.1, -0.05) is 11.6 Å². The number of carbonyl (C=O) groups is 2. The predicted octanol–water partition coefficient (Wildman–Crippen LogP) is 4.45. The van der Waals surface area contributed by atoms with Crippen LogP contribution in [0.1, 0.15) is 22.8 Å². The van der Waals surface area contributed by atoms with Gasteiger partial charge < -0.3 is 10.1 Å². The molecule has 0 aromatic heterocycles. The fraction of sp³-hybridized carbons (Fsp3) is 0.176. The molecule has 7 nitrogen and oxygen atoms in total. The predicted molar refractivity (Wildman–Crippen MR) is 93.1 cm³/mol. The van der Waals surface area contributed by atoms with Crippen LogP contribution in [0.5, 0.6) is 0 Å². The van der Waals surface area contributed by atoms with Crippen molar-refractivity contribution >= 4 is 34.9 Å². The molecule has 0 aliphatic heterocycles. The Hall–Kier alpha value is -3.14. The molecular formula is C17H12ClF3N2O5. The van der Waals surface area contributed by atoms with Crippen molar-refractivity contribution in [3.8, 4) is 0 Å². The maximum absolute atomic E-state index is 12.5. The van der Waals surface area contributed by atoms with Crippen molar-refractivity contribution < 1.29 is 32.4 Å².